The minimum Gasteiger partial charge on any atom is -0.372 e. The van der Waals surface area contributed by atoms with Gasteiger partial charge < -0.3 is 20.4 Å². The third-order valence-corrected chi connectivity index (χ3v) is 4.27. The van der Waals surface area contributed by atoms with E-state index in [2.05, 4.69) is 10.6 Å². The highest BCUT2D eigenvalue weighted by molar-refractivity contribution is 5.87. The number of carbonyl (C=O) groups is 2. The first-order valence-electron chi connectivity index (χ1n) is 8.26. The molecular formula is C17H25FN4O2. The van der Waals surface area contributed by atoms with E-state index in [-0.39, 0.29) is 23.8 Å². The summed E-state index contributed by atoms with van der Waals surface area (Å²) in [6, 6.07) is 6.02. The molecule has 1 aromatic rings. The van der Waals surface area contributed by atoms with E-state index in [1.165, 1.54) is 6.07 Å². The molecular weight excluding hydrogens is 311 g/mol. The molecule has 1 aliphatic rings. The van der Waals surface area contributed by atoms with Crippen LogP contribution in [0.3, 0.4) is 0 Å². The number of halogens is 1. The Labute approximate surface area is 142 Å². The zero-order valence-corrected chi connectivity index (χ0v) is 14.2. The van der Waals surface area contributed by atoms with Crippen molar-refractivity contribution in [3.8, 4) is 0 Å². The first kappa shape index (κ1) is 18.0. The number of likely N-dealkylation sites (N-methyl/N-ethyl adjacent to an activating group) is 1. The van der Waals surface area contributed by atoms with Crippen molar-refractivity contribution >= 4 is 17.6 Å². The first-order chi connectivity index (χ1) is 11.5. The molecule has 0 spiro atoms. The predicted molar refractivity (Wildman–Crippen MR) is 91.5 cm³/mol. The van der Waals surface area contributed by atoms with Crippen molar-refractivity contribution in [1.82, 2.24) is 15.5 Å². The van der Waals surface area contributed by atoms with Gasteiger partial charge in [0.2, 0.25) is 5.91 Å². The van der Waals surface area contributed by atoms with Gasteiger partial charge in [-0.1, -0.05) is 12.1 Å². The quantitative estimate of drug-likeness (QED) is 0.775. The van der Waals surface area contributed by atoms with Crippen LogP contribution in [0.2, 0.25) is 0 Å². The number of rotatable bonds is 6. The lowest BCUT2D eigenvalue weighted by Crippen LogP contribution is -2.49. The number of anilines is 1. The summed E-state index contributed by atoms with van der Waals surface area (Å²) in [5, 5.41) is 5.44. The van der Waals surface area contributed by atoms with Crippen molar-refractivity contribution in [2.45, 2.75) is 25.3 Å². The van der Waals surface area contributed by atoms with Gasteiger partial charge in [0.05, 0.1) is 5.69 Å². The van der Waals surface area contributed by atoms with Crippen LogP contribution in [0.4, 0.5) is 14.9 Å². The number of hydrogen-bond donors (Lipinski definition) is 2. The van der Waals surface area contributed by atoms with Gasteiger partial charge in [-0.2, -0.15) is 0 Å². The number of para-hydroxylation sites is 1. The maximum absolute atomic E-state index is 13.7. The Morgan fingerprint density at radius 1 is 1.38 bits per heavy atom. The third-order valence-electron chi connectivity index (χ3n) is 4.27. The zero-order chi connectivity index (χ0) is 17.5. The lowest BCUT2D eigenvalue weighted by atomic mass is 10.2. The highest BCUT2D eigenvalue weighted by Gasteiger charge is 2.33. The Bertz CT molecular complexity index is 581. The Morgan fingerprint density at radius 3 is 2.83 bits per heavy atom. The average Bonchev–Trinajstić information content (AvgIpc) is 3.07. The number of nitrogens with one attached hydrogen (secondary N) is 2. The van der Waals surface area contributed by atoms with Crippen molar-refractivity contribution in [1.29, 1.82) is 0 Å². The van der Waals surface area contributed by atoms with E-state index in [0.717, 1.165) is 6.42 Å². The zero-order valence-electron chi connectivity index (χ0n) is 14.2. The molecule has 0 aliphatic carbocycles. The summed E-state index contributed by atoms with van der Waals surface area (Å²) >= 11 is 0. The average molecular weight is 336 g/mol. The maximum Gasteiger partial charge on any atom is 0.318 e. The largest absolute Gasteiger partial charge is 0.372 e. The number of hydrogen-bond acceptors (Lipinski definition) is 3. The molecule has 0 saturated carbocycles. The van der Waals surface area contributed by atoms with Crippen molar-refractivity contribution < 1.29 is 14.0 Å². The fraction of sp³-hybridized carbons (Fsp3) is 0.529. The van der Waals surface area contributed by atoms with E-state index >= 15 is 0 Å². The second-order valence-electron chi connectivity index (χ2n) is 5.92. The van der Waals surface area contributed by atoms with E-state index in [1.54, 1.807) is 30.1 Å². The summed E-state index contributed by atoms with van der Waals surface area (Å²) < 4.78 is 13.7. The molecule has 1 atom stereocenters. The molecule has 3 amide bonds. The summed E-state index contributed by atoms with van der Waals surface area (Å²) in [6.07, 6.45) is 2.22. The topological polar surface area (TPSA) is 64.7 Å². The molecule has 1 heterocycles. The van der Waals surface area contributed by atoms with Crippen LogP contribution in [0, 0.1) is 5.82 Å². The van der Waals surface area contributed by atoms with Gasteiger partial charge in [-0.05, 0) is 31.4 Å². The molecule has 24 heavy (non-hydrogen) atoms. The van der Waals surface area contributed by atoms with Crippen LogP contribution in [-0.2, 0) is 4.79 Å². The van der Waals surface area contributed by atoms with Gasteiger partial charge in [0.25, 0.3) is 0 Å². The molecule has 7 heteroatoms. The Kier molecular flexibility index (Phi) is 6.40. The summed E-state index contributed by atoms with van der Waals surface area (Å²) in [5.74, 6) is -0.378. The van der Waals surface area contributed by atoms with Crippen molar-refractivity contribution in [2.75, 3.05) is 38.6 Å². The molecule has 6 nitrogen and oxygen atoms in total. The lowest BCUT2D eigenvalue weighted by molar-refractivity contribution is -0.124. The summed E-state index contributed by atoms with van der Waals surface area (Å²) in [5.41, 5.74) is 0.544. The summed E-state index contributed by atoms with van der Waals surface area (Å²) in [6.45, 7) is 1.70. The smallest absolute Gasteiger partial charge is 0.318 e. The van der Waals surface area contributed by atoms with Crippen LogP contribution in [0.5, 0.6) is 0 Å². The normalized spacial score (nSPS) is 16.8. The molecule has 2 rings (SSSR count). The van der Waals surface area contributed by atoms with Crippen LogP contribution in [0.15, 0.2) is 24.3 Å². The number of urea groups is 1. The second-order valence-corrected chi connectivity index (χ2v) is 5.92. The molecule has 0 bridgehead atoms. The molecule has 0 radical (unpaired) electrons. The number of carbonyl (C=O) groups excluding carboxylic acids is 2. The molecule has 1 aliphatic heterocycles. The predicted octanol–water partition coefficient (Wildman–Crippen LogP) is 1.57. The molecule has 0 aromatic heterocycles. The van der Waals surface area contributed by atoms with Crippen LogP contribution in [-0.4, -0.2) is 56.6 Å². The molecule has 1 aromatic carbocycles. The highest BCUT2D eigenvalue weighted by Crippen LogP contribution is 2.18. The molecule has 1 fully saturated rings. The van der Waals surface area contributed by atoms with Gasteiger partial charge in [-0.25, -0.2) is 9.18 Å². The second kappa shape index (κ2) is 8.52. The number of amides is 3. The van der Waals surface area contributed by atoms with Crippen molar-refractivity contribution in [3.05, 3.63) is 30.1 Å². The fourth-order valence-electron chi connectivity index (χ4n) is 2.94. The van der Waals surface area contributed by atoms with Gasteiger partial charge in [-0.3, -0.25) is 4.79 Å². The van der Waals surface area contributed by atoms with Gasteiger partial charge in [0.1, 0.15) is 11.9 Å². The van der Waals surface area contributed by atoms with Crippen LogP contribution < -0.4 is 15.5 Å². The van der Waals surface area contributed by atoms with Gasteiger partial charge >= 0.3 is 6.03 Å². The minimum atomic E-state index is -0.379. The van der Waals surface area contributed by atoms with E-state index in [9.17, 15) is 14.0 Å². The fourth-order valence-corrected chi connectivity index (χ4v) is 2.94. The minimum absolute atomic E-state index is 0.123. The van der Waals surface area contributed by atoms with Crippen molar-refractivity contribution in [2.24, 2.45) is 0 Å². The SMILES string of the molecule is CNC(=O)[C@H]1CCCN1C(=O)NCCCN(C)c1ccccc1F. The van der Waals surface area contributed by atoms with Gasteiger partial charge in [0, 0.05) is 33.7 Å². The Morgan fingerprint density at radius 2 is 2.12 bits per heavy atom. The summed E-state index contributed by atoms with van der Waals surface area (Å²) in [7, 11) is 3.40. The standard InChI is InChI=1S/C17H25FN4O2/c1-19-16(23)15-9-5-12-22(15)17(24)20-10-6-11-21(2)14-8-4-3-7-13(14)18/h3-4,7-8,15H,5-6,9-12H2,1-2H3,(H,19,23)(H,20,24)/t15-/m1/s1. The van der Waals surface area contributed by atoms with Crippen molar-refractivity contribution in [3.63, 3.8) is 0 Å². The van der Waals surface area contributed by atoms with Crippen LogP contribution >= 0.6 is 0 Å². The van der Waals surface area contributed by atoms with E-state index in [4.69, 9.17) is 0 Å². The molecule has 132 valence electrons. The molecule has 1 saturated heterocycles. The van der Waals surface area contributed by atoms with Crippen LogP contribution in [0.25, 0.3) is 0 Å². The number of nitrogens with zero attached hydrogens (tertiary/aromatic N) is 2. The summed E-state index contributed by atoms with van der Waals surface area (Å²) in [4.78, 5) is 27.4. The Balaban J connectivity index is 1.75. The molecule has 2 N–H and O–H groups in total. The maximum atomic E-state index is 13.7. The monoisotopic (exact) mass is 336 g/mol. The van der Waals surface area contributed by atoms with E-state index in [0.29, 0.717) is 38.2 Å². The lowest BCUT2D eigenvalue weighted by Gasteiger charge is -2.24. The Hall–Kier alpha value is -2.31. The highest BCUT2D eigenvalue weighted by atomic mass is 19.1. The molecule has 0 unspecified atom stereocenters. The van der Waals surface area contributed by atoms with Gasteiger partial charge in [-0.15, -0.1) is 0 Å². The third kappa shape index (κ3) is 4.37. The van der Waals surface area contributed by atoms with Gasteiger partial charge in [0.15, 0.2) is 0 Å². The van der Waals surface area contributed by atoms with E-state index < -0.39 is 0 Å². The number of benzene rings is 1. The van der Waals surface area contributed by atoms with E-state index in [1.807, 2.05) is 11.9 Å². The number of likely N-dealkylation sites (tertiary alicyclic amines) is 1. The van der Waals surface area contributed by atoms with Crippen LogP contribution in [0.1, 0.15) is 19.3 Å². The first-order valence-corrected chi connectivity index (χ1v) is 8.26.